The van der Waals surface area contributed by atoms with E-state index in [1.54, 1.807) is 0 Å². The van der Waals surface area contributed by atoms with E-state index in [-0.39, 0.29) is 6.71 Å². The van der Waals surface area contributed by atoms with Crippen molar-refractivity contribution in [3.63, 3.8) is 0 Å². The first-order valence-electron chi connectivity index (χ1n) is 23.3. The van der Waals surface area contributed by atoms with Crippen LogP contribution in [0.15, 0.2) is 176 Å². The molecular weight excluding hydrogens is 848 g/mol. The van der Waals surface area contributed by atoms with E-state index in [2.05, 4.69) is 227 Å². The summed E-state index contributed by atoms with van der Waals surface area (Å²) in [5.41, 5.74) is 24.2. The van der Waals surface area contributed by atoms with E-state index >= 15 is 0 Å². The zero-order valence-electron chi connectivity index (χ0n) is 38.6. The van der Waals surface area contributed by atoms with Crippen LogP contribution in [0.1, 0.15) is 33.4 Å². The number of aromatic nitrogens is 2. The molecule has 0 aliphatic rings. The molecule has 0 saturated heterocycles. The van der Waals surface area contributed by atoms with Crippen molar-refractivity contribution < 1.29 is 0 Å². The number of benzene rings is 8. The highest BCUT2D eigenvalue weighted by Crippen LogP contribution is 2.42. The fourth-order valence-electron chi connectivity index (χ4n) is 11.2. The molecule has 4 aromatic heterocycles. The topological polar surface area (TPSA) is 31.6 Å². The highest BCUT2D eigenvalue weighted by molar-refractivity contribution is 7.27. The summed E-state index contributed by atoms with van der Waals surface area (Å²) < 4.78 is 0. The lowest BCUT2D eigenvalue weighted by Gasteiger charge is -2.24. The van der Waals surface area contributed by atoms with Crippen molar-refractivity contribution in [2.24, 2.45) is 0 Å². The average molecular weight is 897 g/mol. The van der Waals surface area contributed by atoms with Crippen molar-refractivity contribution in [2.45, 2.75) is 41.5 Å². The largest absolute Gasteiger partial charge is 0.354 e. The summed E-state index contributed by atoms with van der Waals surface area (Å²) in [6.07, 6.45) is 0. The van der Waals surface area contributed by atoms with Crippen LogP contribution in [0.5, 0.6) is 0 Å². The standard InChI is InChI=1S/C62H49BN2S2/c1-36-31-38(3)58(39(4)32-36)63(59-40(5)33-37(2)34-41(59)6)52-35-57(45-27-23-43(24-28-45)47-16-12-18-51-49-14-8-10-20-54(49)65-61(47)51)67-62(52)56-30-29-55(66-56)44-25-21-42(22-26-44)46-15-11-17-50-48-13-7-9-19-53(48)64-60(46)50/h7-35,64-65H,1-6H3. The van der Waals surface area contributed by atoms with Crippen molar-refractivity contribution in [3.05, 3.63) is 209 Å². The monoisotopic (exact) mass is 896 g/mol. The molecular formula is C62H49BN2S2. The summed E-state index contributed by atoms with van der Waals surface area (Å²) in [6.45, 7) is 13.7. The van der Waals surface area contributed by atoms with Crippen LogP contribution in [-0.4, -0.2) is 16.7 Å². The smallest absolute Gasteiger partial charge is 0.244 e. The fraction of sp³-hybridized carbons (Fsp3) is 0.0968. The van der Waals surface area contributed by atoms with Gasteiger partial charge >= 0.3 is 0 Å². The van der Waals surface area contributed by atoms with Gasteiger partial charge in [0.05, 0.1) is 11.0 Å². The molecule has 2 N–H and O–H groups in total. The number of hydrogen-bond donors (Lipinski definition) is 2. The maximum Gasteiger partial charge on any atom is 0.244 e. The van der Waals surface area contributed by atoms with E-state index in [9.17, 15) is 0 Å². The molecule has 4 heterocycles. The van der Waals surface area contributed by atoms with Gasteiger partial charge in [0, 0.05) is 63.2 Å². The maximum absolute atomic E-state index is 3.73. The van der Waals surface area contributed by atoms with E-state index in [0.717, 1.165) is 0 Å². The Hall–Kier alpha value is -7.18. The predicted octanol–water partition coefficient (Wildman–Crippen LogP) is 15.8. The van der Waals surface area contributed by atoms with Crippen LogP contribution in [0.2, 0.25) is 0 Å². The van der Waals surface area contributed by atoms with Gasteiger partial charge in [-0.3, -0.25) is 0 Å². The number of hydrogen-bond acceptors (Lipinski definition) is 2. The van der Waals surface area contributed by atoms with E-state index in [4.69, 9.17) is 0 Å². The highest BCUT2D eigenvalue weighted by atomic mass is 32.1. The first kappa shape index (κ1) is 41.3. The van der Waals surface area contributed by atoms with Gasteiger partial charge in [0.15, 0.2) is 0 Å². The number of nitrogens with one attached hydrogen (secondary N) is 2. The molecule has 5 heteroatoms. The quantitative estimate of drug-likeness (QED) is 0.142. The molecule has 0 fully saturated rings. The molecule has 8 aromatic carbocycles. The van der Waals surface area contributed by atoms with Crippen LogP contribution in [-0.2, 0) is 0 Å². The first-order valence-corrected chi connectivity index (χ1v) is 24.9. The van der Waals surface area contributed by atoms with Gasteiger partial charge in [-0.15, -0.1) is 22.7 Å². The Balaban J connectivity index is 0.985. The summed E-state index contributed by atoms with van der Waals surface area (Å²) in [5.74, 6) is 0. The van der Waals surface area contributed by atoms with Crippen molar-refractivity contribution in [3.8, 4) is 52.9 Å². The van der Waals surface area contributed by atoms with E-state index in [0.29, 0.717) is 0 Å². The van der Waals surface area contributed by atoms with Crippen molar-refractivity contribution >= 4 is 89.4 Å². The van der Waals surface area contributed by atoms with Gasteiger partial charge in [-0.1, -0.05) is 190 Å². The van der Waals surface area contributed by atoms with Gasteiger partial charge in [0.2, 0.25) is 6.71 Å². The summed E-state index contributed by atoms with van der Waals surface area (Å²) in [5, 5.41) is 5.04. The second-order valence-corrected chi connectivity index (χ2v) is 20.7. The SMILES string of the molecule is Cc1cc(C)c(B(c2cc(-c3ccc(-c4cccc5c4[nH]c4ccccc45)cc3)sc2-c2ccc(-c3ccc(-c4cccc5c4[nH]c4ccccc45)cc3)s2)c2c(C)cc(C)cc2C)c(C)c1. The summed E-state index contributed by atoms with van der Waals surface area (Å²) in [4.78, 5) is 12.6. The van der Waals surface area contributed by atoms with Crippen LogP contribution in [0, 0.1) is 41.5 Å². The second-order valence-electron chi connectivity index (χ2n) is 18.6. The highest BCUT2D eigenvalue weighted by Gasteiger charge is 2.33. The number of thiophene rings is 2. The molecule has 322 valence electrons. The minimum absolute atomic E-state index is 0.0530. The molecule has 0 bridgehead atoms. The van der Waals surface area contributed by atoms with Crippen LogP contribution >= 0.6 is 22.7 Å². The zero-order chi connectivity index (χ0) is 45.5. The third-order valence-electron chi connectivity index (χ3n) is 14.0. The summed E-state index contributed by atoms with van der Waals surface area (Å²) >= 11 is 3.83. The van der Waals surface area contributed by atoms with E-state index < -0.39 is 0 Å². The van der Waals surface area contributed by atoms with Gasteiger partial charge in [0.1, 0.15) is 0 Å². The molecule has 0 saturated carbocycles. The Bertz CT molecular complexity index is 3770. The lowest BCUT2D eigenvalue weighted by atomic mass is 9.34. The number of para-hydroxylation sites is 4. The Labute approximate surface area is 400 Å². The second kappa shape index (κ2) is 16.3. The van der Waals surface area contributed by atoms with Gasteiger partial charge < -0.3 is 9.97 Å². The van der Waals surface area contributed by atoms with Crippen LogP contribution < -0.4 is 16.4 Å². The van der Waals surface area contributed by atoms with Gasteiger partial charge in [-0.05, 0) is 99.6 Å². The molecule has 0 radical (unpaired) electrons. The van der Waals surface area contributed by atoms with Crippen LogP contribution in [0.3, 0.4) is 0 Å². The number of fused-ring (bicyclic) bond motifs is 6. The van der Waals surface area contributed by atoms with Crippen LogP contribution in [0.4, 0.5) is 0 Å². The third-order valence-corrected chi connectivity index (χ3v) is 16.5. The van der Waals surface area contributed by atoms with Crippen LogP contribution in [0.25, 0.3) is 96.5 Å². The normalized spacial score (nSPS) is 11.7. The third kappa shape index (κ3) is 7.08. The molecule has 0 aliphatic heterocycles. The minimum Gasteiger partial charge on any atom is -0.354 e. The molecule has 0 spiro atoms. The maximum atomic E-state index is 3.73. The molecule has 67 heavy (non-hydrogen) atoms. The number of aromatic amines is 2. The van der Waals surface area contributed by atoms with E-state index in [1.165, 1.54) is 146 Å². The van der Waals surface area contributed by atoms with Crippen molar-refractivity contribution in [1.29, 1.82) is 0 Å². The molecule has 0 aliphatic carbocycles. The molecule has 12 rings (SSSR count). The van der Waals surface area contributed by atoms with Gasteiger partial charge in [-0.2, -0.15) is 0 Å². The van der Waals surface area contributed by atoms with Crippen molar-refractivity contribution in [1.82, 2.24) is 9.97 Å². The fourth-order valence-corrected chi connectivity index (χ4v) is 13.5. The van der Waals surface area contributed by atoms with Gasteiger partial charge in [0.25, 0.3) is 0 Å². The number of aryl methyl sites for hydroxylation is 6. The Kier molecular flexibility index (Phi) is 10.0. The van der Waals surface area contributed by atoms with E-state index in [1.807, 2.05) is 22.7 Å². The molecule has 0 amide bonds. The summed E-state index contributed by atoms with van der Waals surface area (Å²) in [6, 6.07) is 65.6. The zero-order valence-corrected chi connectivity index (χ0v) is 40.3. The minimum atomic E-state index is 0.0530. The number of H-pyrrole nitrogens is 2. The lowest BCUT2D eigenvalue weighted by molar-refractivity contribution is 1.34. The van der Waals surface area contributed by atoms with Crippen molar-refractivity contribution in [2.75, 3.05) is 0 Å². The molecule has 2 nitrogen and oxygen atoms in total. The summed E-state index contributed by atoms with van der Waals surface area (Å²) in [7, 11) is 0. The predicted molar refractivity (Wildman–Crippen MR) is 294 cm³/mol. The lowest BCUT2D eigenvalue weighted by Crippen LogP contribution is -2.56. The Morgan fingerprint density at radius 2 is 0.776 bits per heavy atom. The number of rotatable bonds is 8. The Morgan fingerprint density at radius 3 is 1.27 bits per heavy atom. The Morgan fingerprint density at radius 1 is 0.358 bits per heavy atom. The average Bonchev–Trinajstić information content (AvgIpc) is 4.15. The van der Waals surface area contributed by atoms with Gasteiger partial charge in [-0.25, -0.2) is 0 Å². The molecule has 12 aromatic rings. The molecule has 0 atom stereocenters. The first-order chi connectivity index (χ1) is 32.7. The molecule has 0 unspecified atom stereocenters.